The molecule has 0 bridgehead atoms. The maximum atomic E-state index is 13.0. The van der Waals surface area contributed by atoms with Crippen LogP contribution >= 0.6 is 11.6 Å². The van der Waals surface area contributed by atoms with Gasteiger partial charge in [0.05, 0.1) is 28.7 Å². The van der Waals surface area contributed by atoms with Crippen molar-refractivity contribution < 1.29 is 18.0 Å². The minimum absolute atomic E-state index is 0.110. The lowest BCUT2D eigenvalue weighted by Gasteiger charge is -2.15. The number of aromatic nitrogens is 2. The standard InChI is InChI=1S/C13H10ClF3N4O/c1-18-12(22)7-2-3-19-6-10(7)21-9-4-11(14)20-5-8(9)13(15,16)17/h2-6H,1H3,(H,18,22)(H,20,21). The van der Waals surface area contributed by atoms with Crippen molar-refractivity contribution in [3.05, 3.63) is 47.0 Å². The van der Waals surface area contributed by atoms with Gasteiger partial charge in [0.1, 0.15) is 5.15 Å². The van der Waals surface area contributed by atoms with Crippen molar-refractivity contribution in [1.29, 1.82) is 0 Å². The molecule has 116 valence electrons. The van der Waals surface area contributed by atoms with E-state index in [0.29, 0.717) is 6.20 Å². The van der Waals surface area contributed by atoms with Crippen LogP contribution in [0, 0.1) is 0 Å². The normalized spacial score (nSPS) is 11.1. The van der Waals surface area contributed by atoms with Crippen LogP contribution in [-0.4, -0.2) is 22.9 Å². The van der Waals surface area contributed by atoms with Gasteiger partial charge in [-0.25, -0.2) is 4.98 Å². The van der Waals surface area contributed by atoms with E-state index in [9.17, 15) is 18.0 Å². The van der Waals surface area contributed by atoms with Crippen LogP contribution in [0.4, 0.5) is 24.5 Å². The van der Waals surface area contributed by atoms with Crippen LogP contribution in [0.2, 0.25) is 5.15 Å². The van der Waals surface area contributed by atoms with Gasteiger partial charge < -0.3 is 10.6 Å². The second-order valence-corrected chi connectivity index (χ2v) is 4.56. The van der Waals surface area contributed by atoms with Gasteiger partial charge in [0, 0.05) is 19.4 Å². The molecule has 0 spiro atoms. The molecular weight excluding hydrogens is 321 g/mol. The van der Waals surface area contributed by atoms with Gasteiger partial charge in [-0.15, -0.1) is 0 Å². The molecule has 2 heterocycles. The molecule has 0 aliphatic carbocycles. The summed E-state index contributed by atoms with van der Waals surface area (Å²) in [4.78, 5) is 19.0. The van der Waals surface area contributed by atoms with Crippen molar-refractivity contribution in [3.63, 3.8) is 0 Å². The van der Waals surface area contributed by atoms with E-state index in [1.165, 1.54) is 25.5 Å². The largest absolute Gasteiger partial charge is 0.419 e. The third-order valence-electron chi connectivity index (χ3n) is 2.74. The summed E-state index contributed by atoms with van der Waals surface area (Å²) >= 11 is 5.65. The quantitative estimate of drug-likeness (QED) is 0.848. The second-order valence-electron chi connectivity index (χ2n) is 4.18. The number of hydrogen-bond acceptors (Lipinski definition) is 4. The SMILES string of the molecule is CNC(=O)c1ccncc1Nc1cc(Cl)ncc1C(F)(F)F. The first-order valence-corrected chi connectivity index (χ1v) is 6.36. The van der Waals surface area contributed by atoms with Crippen molar-refractivity contribution in [1.82, 2.24) is 15.3 Å². The highest BCUT2D eigenvalue weighted by molar-refractivity contribution is 6.29. The molecule has 0 aromatic carbocycles. The molecular formula is C13H10ClF3N4O. The van der Waals surface area contributed by atoms with Crippen LogP contribution in [0.15, 0.2) is 30.7 Å². The first kappa shape index (κ1) is 16.0. The first-order valence-electron chi connectivity index (χ1n) is 5.98. The Labute approximate surface area is 128 Å². The zero-order valence-corrected chi connectivity index (χ0v) is 12.0. The Hall–Kier alpha value is -2.35. The van der Waals surface area contributed by atoms with Crippen molar-refractivity contribution in [3.8, 4) is 0 Å². The monoisotopic (exact) mass is 330 g/mol. The van der Waals surface area contributed by atoms with Gasteiger partial charge in [-0.3, -0.25) is 9.78 Å². The molecule has 2 N–H and O–H groups in total. The molecule has 5 nitrogen and oxygen atoms in total. The summed E-state index contributed by atoms with van der Waals surface area (Å²) in [6.45, 7) is 0. The molecule has 22 heavy (non-hydrogen) atoms. The highest BCUT2D eigenvalue weighted by Crippen LogP contribution is 2.36. The number of halogens is 4. The Bertz CT molecular complexity index is 706. The molecule has 0 aliphatic rings. The Kier molecular flexibility index (Phi) is 4.51. The van der Waals surface area contributed by atoms with E-state index in [1.807, 2.05) is 0 Å². The molecule has 0 aliphatic heterocycles. The molecule has 2 rings (SSSR count). The minimum Gasteiger partial charge on any atom is -0.355 e. The molecule has 9 heteroatoms. The molecule has 2 aromatic heterocycles. The maximum Gasteiger partial charge on any atom is 0.419 e. The van der Waals surface area contributed by atoms with E-state index in [4.69, 9.17) is 11.6 Å². The molecule has 0 unspecified atom stereocenters. The zero-order chi connectivity index (χ0) is 16.3. The highest BCUT2D eigenvalue weighted by atomic mass is 35.5. The summed E-state index contributed by atoms with van der Waals surface area (Å²) < 4.78 is 39.0. The van der Waals surface area contributed by atoms with Gasteiger partial charge in [0.25, 0.3) is 5.91 Å². The number of rotatable bonds is 3. The molecule has 0 saturated carbocycles. The van der Waals surface area contributed by atoms with Gasteiger partial charge in [0.2, 0.25) is 0 Å². The smallest absolute Gasteiger partial charge is 0.355 e. The molecule has 0 radical (unpaired) electrons. The summed E-state index contributed by atoms with van der Waals surface area (Å²) in [5, 5.41) is 4.82. The fraction of sp³-hybridized carbons (Fsp3) is 0.154. The second kappa shape index (κ2) is 6.18. The van der Waals surface area contributed by atoms with Crippen molar-refractivity contribution in [2.45, 2.75) is 6.18 Å². The number of nitrogens with one attached hydrogen (secondary N) is 2. The first-order chi connectivity index (χ1) is 10.3. The van der Waals surface area contributed by atoms with Crippen LogP contribution in [0.25, 0.3) is 0 Å². The van der Waals surface area contributed by atoms with Crippen LogP contribution in [-0.2, 0) is 6.18 Å². The minimum atomic E-state index is -4.62. The van der Waals surface area contributed by atoms with E-state index in [1.54, 1.807) is 0 Å². The Morgan fingerprint density at radius 2 is 2.00 bits per heavy atom. The molecule has 0 atom stereocenters. The molecule has 0 fully saturated rings. The van der Waals surface area contributed by atoms with Gasteiger partial charge in [-0.2, -0.15) is 13.2 Å². The summed E-state index contributed by atoms with van der Waals surface area (Å²) in [5.74, 6) is -0.460. The van der Waals surface area contributed by atoms with Crippen LogP contribution in [0.5, 0.6) is 0 Å². The lowest BCUT2D eigenvalue weighted by molar-refractivity contribution is -0.137. The Morgan fingerprint density at radius 1 is 1.27 bits per heavy atom. The predicted octanol–water partition coefficient (Wildman–Crippen LogP) is 3.25. The number of hydrogen-bond donors (Lipinski definition) is 2. The van der Waals surface area contributed by atoms with Crippen molar-refractivity contribution in [2.24, 2.45) is 0 Å². The third kappa shape index (κ3) is 3.45. The van der Waals surface area contributed by atoms with Crippen LogP contribution in [0.3, 0.4) is 0 Å². The van der Waals surface area contributed by atoms with E-state index in [0.717, 1.165) is 6.07 Å². The van der Waals surface area contributed by atoms with Crippen molar-refractivity contribution >= 4 is 28.9 Å². The number of alkyl halides is 3. The number of amides is 1. The van der Waals surface area contributed by atoms with Crippen LogP contribution in [0.1, 0.15) is 15.9 Å². The van der Waals surface area contributed by atoms with Crippen LogP contribution < -0.4 is 10.6 Å². The average molecular weight is 331 g/mol. The molecule has 0 saturated heterocycles. The lowest BCUT2D eigenvalue weighted by atomic mass is 10.1. The highest BCUT2D eigenvalue weighted by Gasteiger charge is 2.34. The molecule has 2 aromatic rings. The number of anilines is 2. The number of carbonyl (C=O) groups excluding carboxylic acids is 1. The summed E-state index contributed by atoms with van der Waals surface area (Å²) in [5.41, 5.74) is -1.04. The van der Waals surface area contributed by atoms with Gasteiger partial charge >= 0.3 is 6.18 Å². The fourth-order valence-electron chi connectivity index (χ4n) is 1.73. The lowest BCUT2D eigenvalue weighted by Crippen LogP contribution is -2.19. The summed E-state index contributed by atoms with van der Waals surface area (Å²) in [6, 6.07) is 2.42. The van der Waals surface area contributed by atoms with E-state index < -0.39 is 17.6 Å². The zero-order valence-electron chi connectivity index (χ0n) is 11.2. The fourth-order valence-corrected chi connectivity index (χ4v) is 1.89. The Balaban J connectivity index is 2.48. The van der Waals surface area contributed by atoms with Gasteiger partial charge in [0.15, 0.2) is 0 Å². The third-order valence-corrected chi connectivity index (χ3v) is 2.94. The van der Waals surface area contributed by atoms with Gasteiger partial charge in [-0.05, 0) is 12.1 Å². The average Bonchev–Trinajstić information content (AvgIpc) is 2.46. The van der Waals surface area contributed by atoms with E-state index in [-0.39, 0.29) is 22.1 Å². The molecule has 1 amide bonds. The number of carbonyl (C=O) groups is 1. The Morgan fingerprint density at radius 3 is 2.64 bits per heavy atom. The van der Waals surface area contributed by atoms with Crippen molar-refractivity contribution in [2.75, 3.05) is 12.4 Å². The van der Waals surface area contributed by atoms with Gasteiger partial charge in [-0.1, -0.05) is 11.6 Å². The van der Waals surface area contributed by atoms with E-state index >= 15 is 0 Å². The van der Waals surface area contributed by atoms with E-state index in [2.05, 4.69) is 20.6 Å². The maximum absolute atomic E-state index is 13.0. The topological polar surface area (TPSA) is 66.9 Å². The number of pyridine rings is 2. The summed E-state index contributed by atoms with van der Waals surface area (Å²) in [7, 11) is 1.41. The predicted molar refractivity (Wildman–Crippen MR) is 75.2 cm³/mol. The summed E-state index contributed by atoms with van der Waals surface area (Å²) in [6.07, 6.45) is -1.38. The number of nitrogens with zero attached hydrogens (tertiary/aromatic N) is 2.